The fraction of sp³-hybridized carbons (Fsp3) is 0.500. The lowest BCUT2D eigenvalue weighted by molar-refractivity contribution is 0.0696. The van der Waals surface area contributed by atoms with Crippen LogP contribution in [0.4, 0.5) is 0 Å². The van der Waals surface area contributed by atoms with Gasteiger partial charge in [-0.25, -0.2) is 17.9 Å². The second-order valence-electron chi connectivity index (χ2n) is 5.51. The molecule has 0 aromatic heterocycles. The van der Waals surface area contributed by atoms with Crippen molar-refractivity contribution in [3.05, 3.63) is 27.7 Å². The third-order valence-electron chi connectivity index (χ3n) is 3.96. The molecule has 2 rings (SSSR count). The molecule has 1 aromatic rings. The zero-order valence-corrected chi connectivity index (χ0v) is 14.3. The summed E-state index contributed by atoms with van der Waals surface area (Å²) in [6, 6.07) is 2.49. The molecule has 21 heavy (non-hydrogen) atoms. The number of aryl methyl sites for hydroxylation is 1. The Balaban J connectivity index is 2.36. The highest BCUT2D eigenvalue weighted by Crippen LogP contribution is 2.32. The van der Waals surface area contributed by atoms with Crippen molar-refractivity contribution in [3.63, 3.8) is 0 Å². The van der Waals surface area contributed by atoms with Gasteiger partial charge in [-0.05, 0) is 66.2 Å². The van der Waals surface area contributed by atoms with Gasteiger partial charge in [-0.3, -0.25) is 0 Å². The second-order valence-corrected chi connectivity index (χ2v) is 7.99. The van der Waals surface area contributed by atoms with Crippen LogP contribution in [-0.4, -0.2) is 25.5 Å². The van der Waals surface area contributed by atoms with Gasteiger partial charge in [-0.2, -0.15) is 0 Å². The molecule has 0 heterocycles. The summed E-state index contributed by atoms with van der Waals surface area (Å²) in [7, 11) is -3.75. The molecule has 1 aliphatic rings. The van der Waals surface area contributed by atoms with Crippen molar-refractivity contribution in [2.45, 2.75) is 44.0 Å². The van der Waals surface area contributed by atoms with E-state index in [4.69, 9.17) is 5.11 Å². The van der Waals surface area contributed by atoms with Gasteiger partial charge in [-0.15, -0.1) is 0 Å². The third-order valence-corrected chi connectivity index (χ3v) is 6.85. The van der Waals surface area contributed by atoms with Crippen LogP contribution in [0, 0.1) is 12.8 Å². The number of rotatable bonds is 5. The van der Waals surface area contributed by atoms with Crippen LogP contribution in [0.1, 0.15) is 42.1 Å². The van der Waals surface area contributed by atoms with Crippen LogP contribution >= 0.6 is 15.9 Å². The number of benzene rings is 1. The average Bonchev–Trinajstić information content (AvgIpc) is 2.28. The fourth-order valence-electron chi connectivity index (χ4n) is 2.40. The summed E-state index contributed by atoms with van der Waals surface area (Å²) >= 11 is 3.25. The molecule has 0 radical (unpaired) electrons. The van der Waals surface area contributed by atoms with E-state index in [1.165, 1.54) is 12.1 Å². The van der Waals surface area contributed by atoms with Crippen LogP contribution in [0.5, 0.6) is 0 Å². The summed E-state index contributed by atoms with van der Waals surface area (Å²) in [5, 5.41) is 9.08. The summed E-state index contributed by atoms with van der Waals surface area (Å²) in [6.07, 6.45) is 3.19. The molecule has 0 saturated heterocycles. The molecular formula is C14H18BrNO4S. The number of carboxylic acids is 1. The van der Waals surface area contributed by atoms with Crippen LogP contribution < -0.4 is 4.72 Å². The summed E-state index contributed by atoms with van der Waals surface area (Å²) < 4.78 is 28.1. The number of hydrogen-bond acceptors (Lipinski definition) is 3. The maximum atomic E-state index is 12.5. The first-order valence-corrected chi connectivity index (χ1v) is 9.06. The number of nitrogens with one attached hydrogen (secondary N) is 1. The lowest BCUT2D eigenvalue weighted by Gasteiger charge is -2.31. The Morgan fingerprint density at radius 1 is 1.43 bits per heavy atom. The quantitative estimate of drug-likeness (QED) is 0.828. The average molecular weight is 376 g/mol. The van der Waals surface area contributed by atoms with Crippen LogP contribution in [0.15, 0.2) is 21.5 Å². The van der Waals surface area contributed by atoms with E-state index in [-0.39, 0.29) is 16.5 Å². The van der Waals surface area contributed by atoms with Crippen molar-refractivity contribution in [2.24, 2.45) is 5.92 Å². The minimum absolute atomic E-state index is 0.0222. The molecule has 1 unspecified atom stereocenters. The Hall–Kier alpha value is -0.920. The number of carboxylic acid groups (broad SMARTS) is 1. The first-order chi connectivity index (χ1) is 9.72. The van der Waals surface area contributed by atoms with E-state index in [1.807, 2.05) is 6.92 Å². The highest BCUT2D eigenvalue weighted by Gasteiger charge is 2.29. The SMILES string of the molecule is Cc1cc(C(=O)O)cc(S(=O)(=O)NC(C)C2CCC2)c1Br. The molecule has 7 heteroatoms. The second kappa shape index (κ2) is 6.06. The Kier molecular flexibility index (Phi) is 4.75. The highest BCUT2D eigenvalue weighted by atomic mass is 79.9. The topological polar surface area (TPSA) is 83.5 Å². The number of aromatic carboxylic acids is 1. The van der Waals surface area contributed by atoms with Crippen molar-refractivity contribution in [1.82, 2.24) is 4.72 Å². The molecule has 0 aliphatic heterocycles. The van der Waals surface area contributed by atoms with Crippen molar-refractivity contribution in [1.29, 1.82) is 0 Å². The van der Waals surface area contributed by atoms with Crippen molar-refractivity contribution >= 4 is 31.9 Å². The number of halogens is 1. The predicted octanol–water partition coefficient (Wildman–Crippen LogP) is 2.92. The van der Waals surface area contributed by atoms with Crippen LogP contribution in [0.3, 0.4) is 0 Å². The molecule has 1 aromatic carbocycles. The van der Waals surface area contributed by atoms with Gasteiger partial charge in [0.2, 0.25) is 10.0 Å². The zero-order chi connectivity index (χ0) is 15.8. The fourth-order valence-corrected chi connectivity index (χ4v) is 4.76. The highest BCUT2D eigenvalue weighted by molar-refractivity contribution is 9.10. The van der Waals surface area contributed by atoms with E-state index in [0.717, 1.165) is 19.3 Å². The van der Waals surface area contributed by atoms with Crippen molar-refractivity contribution < 1.29 is 18.3 Å². The van der Waals surface area contributed by atoms with E-state index in [1.54, 1.807) is 6.92 Å². The van der Waals surface area contributed by atoms with E-state index >= 15 is 0 Å². The van der Waals surface area contributed by atoms with Gasteiger partial charge in [0.1, 0.15) is 0 Å². The summed E-state index contributed by atoms with van der Waals surface area (Å²) in [5.41, 5.74) is 0.541. The number of hydrogen-bond donors (Lipinski definition) is 2. The van der Waals surface area contributed by atoms with E-state index in [9.17, 15) is 13.2 Å². The van der Waals surface area contributed by atoms with E-state index in [0.29, 0.717) is 16.0 Å². The van der Waals surface area contributed by atoms with Gasteiger partial charge in [0, 0.05) is 10.5 Å². The third kappa shape index (κ3) is 3.46. The van der Waals surface area contributed by atoms with E-state index in [2.05, 4.69) is 20.7 Å². The zero-order valence-electron chi connectivity index (χ0n) is 11.9. The monoisotopic (exact) mass is 375 g/mol. The molecule has 1 aliphatic carbocycles. The van der Waals surface area contributed by atoms with Gasteiger partial charge in [0.15, 0.2) is 0 Å². The summed E-state index contributed by atoms with van der Waals surface area (Å²) in [6.45, 7) is 3.52. The maximum absolute atomic E-state index is 12.5. The first-order valence-electron chi connectivity index (χ1n) is 6.78. The lowest BCUT2D eigenvalue weighted by Crippen LogP contribution is -2.40. The normalized spacial score (nSPS) is 17.3. The smallest absolute Gasteiger partial charge is 0.335 e. The van der Waals surface area contributed by atoms with Gasteiger partial charge in [0.25, 0.3) is 0 Å². The predicted molar refractivity (Wildman–Crippen MR) is 83.0 cm³/mol. The minimum Gasteiger partial charge on any atom is -0.478 e. The molecule has 1 atom stereocenters. The Morgan fingerprint density at radius 3 is 2.52 bits per heavy atom. The summed E-state index contributed by atoms with van der Waals surface area (Å²) in [4.78, 5) is 11.1. The molecule has 1 saturated carbocycles. The Morgan fingerprint density at radius 2 is 2.05 bits per heavy atom. The number of sulfonamides is 1. The molecule has 5 nitrogen and oxygen atoms in total. The van der Waals surface area contributed by atoms with Crippen molar-refractivity contribution in [2.75, 3.05) is 0 Å². The molecular weight excluding hydrogens is 358 g/mol. The van der Waals surface area contributed by atoms with Crippen LogP contribution in [0.2, 0.25) is 0 Å². The molecule has 1 fully saturated rings. The van der Waals surface area contributed by atoms with Gasteiger partial charge in [-0.1, -0.05) is 6.42 Å². The molecule has 0 spiro atoms. The molecule has 2 N–H and O–H groups in total. The molecule has 0 amide bonds. The van der Waals surface area contributed by atoms with Crippen LogP contribution in [0.25, 0.3) is 0 Å². The maximum Gasteiger partial charge on any atom is 0.335 e. The Labute approximate surface area is 132 Å². The lowest BCUT2D eigenvalue weighted by atomic mass is 9.81. The van der Waals surface area contributed by atoms with Gasteiger partial charge < -0.3 is 5.11 Å². The first kappa shape index (κ1) is 16.5. The largest absolute Gasteiger partial charge is 0.478 e. The van der Waals surface area contributed by atoms with Gasteiger partial charge in [0.05, 0.1) is 10.5 Å². The number of carbonyl (C=O) groups is 1. The van der Waals surface area contributed by atoms with E-state index < -0.39 is 16.0 Å². The van der Waals surface area contributed by atoms with Crippen LogP contribution in [-0.2, 0) is 10.0 Å². The van der Waals surface area contributed by atoms with Gasteiger partial charge >= 0.3 is 5.97 Å². The Bertz CT molecular complexity index is 668. The molecule has 0 bridgehead atoms. The van der Waals surface area contributed by atoms with Crippen molar-refractivity contribution in [3.8, 4) is 0 Å². The summed E-state index contributed by atoms with van der Waals surface area (Å²) in [5.74, 6) is -0.781. The standard InChI is InChI=1S/C14H18BrNO4S/c1-8-6-11(14(17)18)7-12(13(8)15)21(19,20)16-9(2)10-4-3-5-10/h6-7,9-10,16H,3-5H2,1-2H3,(H,17,18). The minimum atomic E-state index is -3.75. The molecule has 116 valence electrons.